The molecule has 0 radical (unpaired) electrons. The SMILES string of the molecule is CC(C)NCCOC(=O)c1ccc([N+](=O)[O-])cc1.Cl. The molecule has 0 fully saturated rings. The van der Waals surface area contributed by atoms with Crippen molar-refractivity contribution in [2.45, 2.75) is 19.9 Å². The van der Waals surface area contributed by atoms with E-state index in [1.54, 1.807) is 0 Å². The molecule has 0 unspecified atom stereocenters. The number of carbonyl (C=O) groups excluding carboxylic acids is 1. The zero-order chi connectivity index (χ0) is 13.5. The zero-order valence-corrected chi connectivity index (χ0v) is 11.6. The fourth-order valence-corrected chi connectivity index (χ4v) is 1.29. The molecule has 0 heterocycles. The van der Waals surface area contributed by atoms with Crippen molar-refractivity contribution in [1.29, 1.82) is 0 Å². The van der Waals surface area contributed by atoms with E-state index in [1.165, 1.54) is 24.3 Å². The van der Waals surface area contributed by atoms with E-state index in [1.807, 2.05) is 13.8 Å². The molecule has 0 saturated carbocycles. The zero-order valence-electron chi connectivity index (χ0n) is 10.8. The van der Waals surface area contributed by atoms with Crippen LogP contribution in [0.25, 0.3) is 0 Å². The molecule has 1 rings (SSSR count). The van der Waals surface area contributed by atoms with Gasteiger partial charge in [-0.2, -0.15) is 0 Å². The molecule has 7 heteroatoms. The predicted octanol–water partition coefficient (Wildman–Crippen LogP) is 2.17. The van der Waals surface area contributed by atoms with E-state index >= 15 is 0 Å². The van der Waals surface area contributed by atoms with Crippen LogP contribution >= 0.6 is 12.4 Å². The van der Waals surface area contributed by atoms with Crippen molar-refractivity contribution in [3.05, 3.63) is 39.9 Å². The number of nitrogens with one attached hydrogen (secondary N) is 1. The average molecular weight is 289 g/mol. The van der Waals surface area contributed by atoms with Gasteiger partial charge in [0.05, 0.1) is 10.5 Å². The Hall–Kier alpha value is -1.66. The molecule has 0 aromatic heterocycles. The first-order valence-electron chi connectivity index (χ1n) is 5.65. The van der Waals surface area contributed by atoms with Gasteiger partial charge in [-0.25, -0.2) is 4.79 Å². The number of ether oxygens (including phenoxy) is 1. The summed E-state index contributed by atoms with van der Waals surface area (Å²) in [5, 5.41) is 13.5. The van der Waals surface area contributed by atoms with Crippen molar-refractivity contribution in [1.82, 2.24) is 5.32 Å². The van der Waals surface area contributed by atoms with Crippen molar-refractivity contribution in [3.63, 3.8) is 0 Å². The summed E-state index contributed by atoms with van der Waals surface area (Å²) in [6.07, 6.45) is 0. The number of esters is 1. The van der Waals surface area contributed by atoms with Gasteiger partial charge in [-0.3, -0.25) is 10.1 Å². The lowest BCUT2D eigenvalue weighted by molar-refractivity contribution is -0.384. The molecule has 0 aliphatic carbocycles. The molecule has 0 aliphatic heterocycles. The van der Waals surface area contributed by atoms with Crippen molar-refractivity contribution in [2.75, 3.05) is 13.2 Å². The van der Waals surface area contributed by atoms with Gasteiger partial charge < -0.3 is 10.1 Å². The number of nitrogens with zero attached hydrogens (tertiary/aromatic N) is 1. The van der Waals surface area contributed by atoms with Gasteiger partial charge in [0.15, 0.2) is 0 Å². The fraction of sp³-hybridized carbons (Fsp3) is 0.417. The van der Waals surface area contributed by atoms with E-state index in [2.05, 4.69) is 5.32 Å². The van der Waals surface area contributed by atoms with Crippen LogP contribution in [0.4, 0.5) is 5.69 Å². The lowest BCUT2D eigenvalue weighted by Crippen LogP contribution is -2.27. The summed E-state index contributed by atoms with van der Waals surface area (Å²) in [6, 6.07) is 5.67. The standard InChI is InChI=1S/C12H16N2O4.ClH/c1-9(2)13-7-8-18-12(15)10-3-5-11(6-4-10)14(16)17;/h3-6,9,13H,7-8H2,1-2H3;1H. The Morgan fingerprint density at radius 3 is 2.42 bits per heavy atom. The van der Waals surface area contributed by atoms with Crippen molar-refractivity contribution < 1.29 is 14.5 Å². The van der Waals surface area contributed by atoms with Crippen LogP contribution in [0.5, 0.6) is 0 Å². The predicted molar refractivity (Wildman–Crippen MR) is 73.8 cm³/mol. The van der Waals surface area contributed by atoms with E-state index in [4.69, 9.17) is 4.74 Å². The molecule has 6 nitrogen and oxygen atoms in total. The molecule has 0 spiro atoms. The summed E-state index contributed by atoms with van der Waals surface area (Å²) in [5.74, 6) is -0.476. The largest absolute Gasteiger partial charge is 0.461 e. The second-order valence-corrected chi connectivity index (χ2v) is 4.05. The van der Waals surface area contributed by atoms with Crippen LogP contribution in [0.15, 0.2) is 24.3 Å². The monoisotopic (exact) mass is 288 g/mol. The molecular formula is C12H17ClN2O4. The molecule has 0 atom stereocenters. The van der Waals surface area contributed by atoms with Crippen LogP contribution < -0.4 is 5.32 Å². The first-order chi connectivity index (χ1) is 8.50. The van der Waals surface area contributed by atoms with Gasteiger partial charge >= 0.3 is 5.97 Å². The third-order valence-electron chi connectivity index (χ3n) is 2.20. The first kappa shape index (κ1) is 17.3. The van der Waals surface area contributed by atoms with Gasteiger partial charge in [0.25, 0.3) is 5.69 Å². The minimum Gasteiger partial charge on any atom is -0.461 e. The Morgan fingerprint density at radius 1 is 1.37 bits per heavy atom. The molecule has 1 aromatic carbocycles. The Balaban J connectivity index is 0.00000324. The summed E-state index contributed by atoms with van der Waals surface area (Å²) in [7, 11) is 0. The Morgan fingerprint density at radius 2 is 1.95 bits per heavy atom. The average Bonchev–Trinajstić information content (AvgIpc) is 2.34. The lowest BCUT2D eigenvalue weighted by Gasteiger charge is -2.08. The second-order valence-electron chi connectivity index (χ2n) is 4.05. The second kappa shape index (κ2) is 8.44. The number of rotatable bonds is 6. The minimum absolute atomic E-state index is 0. The van der Waals surface area contributed by atoms with Crippen LogP contribution in [0, 0.1) is 10.1 Å². The van der Waals surface area contributed by atoms with Crippen LogP contribution in [-0.4, -0.2) is 30.1 Å². The minimum atomic E-state index is -0.512. The highest BCUT2D eigenvalue weighted by molar-refractivity contribution is 5.89. The number of non-ortho nitro benzene ring substituents is 1. The molecule has 0 bridgehead atoms. The number of hydrogen-bond donors (Lipinski definition) is 1. The van der Waals surface area contributed by atoms with Gasteiger partial charge in [-0.05, 0) is 12.1 Å². The molecule has 1 aromatic rings. The Bertz CT molecular complexity index is 420. The van der Waals surface area contributed by atoms with E-state index in [-0.39, 0.29) is 24.7 Å². The summed E-state index contributed by atoms with van der Waals surface area (Å²) in [6.45, 7) is 4.85. The number of nitro benzene ring substituents is 1. The van der Waals surface area contributed by atoms with Gasteiger partial charge in [-0.1, -0.05) is 13.8 Å². The van der Waals surface area contributed by atoms with E-state index in [0.717, 1.165) is 0 Å². The lowest BCUT2D eigenvalue weighted by atomic mass is 10.2. The summed E-state index contributed by atoms with van der Waals surface area (Å²) in [5.41, 5.74) is 0.262. The van der Waals surface area contributed by atoms with Crippen LogP contribution in [0.3, 0.4) is 0 Å². The molecule has 0 aliphatic rings. The Kier molecular flexibility index (Phi) is 7.71. The number of hydrogen-bond acceptors (Lipinski definition) is 5. The quantitative estimate of drug-likeness (QED) is 0.375. The third-order valence-corrected chi connectivity index (χ3v) is 2.20. The maximum absolute atomic E-state index is 11.6. The van der Waals surface area contributed by atoms with E-state index in [0.29, 0.717) is 18.2 Å². The van der Waals surface area contributed by atoms with Gasteiger partial charge in [0, 0.05) is 24.7 Å². The van der Waals surface area contributed by atoms with Crippen LogP contribution in [-0.2, 0) is 4.74 Å². The normalized spacial score (nSPS) is 9.84. The molecule has 19 heavy (non-hydrogen) atoms. The Labute approximate surface area is 117 Å². The molecular weight excluding hydrogens is 272 g/mol. The van der Waals surface area contributed by atoms with Gasteiger partial charge in [0.2, 0.25) is 0 Å². The molecule has 0 saturated heterocycles. The fourth-order valence-electron chi connectivity index (χ4n) is 1.29. The number of carbonyl (C=O) groups is 1. The highest BCUT2D eigenvalue weighted by atomic mass is 35.5. The summed E-state index contributed by atoms with van der Waals surface area (Å²) < 4.78 is 5.01. The highest BCUT2D eigenvalue weighted by Gasteiger charge is 2.10. The first-order valence-corrected chi connectivity index (χ1v) is 5.65. The third kappa shape index (κ3) is 6.17. The van der Waals surface area contributed by atoms with Crippen molar-refractivity contribution >= 4 is 24.1 Å². The maximum atomic E-state index is 11.6. The number of benzene rings is 1. The van der Waals surface area contributed by atoms with Crippen LogP contribution in [0.2, 0.25) is 0 Å². The van der Waals surface area contributed by atoms with Gasteiger partial charge in [0.1, 0.15) is 6.61 Å². The summed E-state index contributed by atoms with van der Waals surface area (Å²) in [4.78, 5) is 21.5. The van der Waals surface area contributed by atoms with E-state index in [9.17, 15) is 14.9 Å². The molecule has 1 N–H and O–H groups in total. The number of halogens is 1. The van der Waals surface area contributed by atoms with Crippen LogP contribution in [0.1, 0.15) is 24.2 Å². The van der Waals surface area contributed by atoms with Gasteiger partial charge in [-0.15, -0.1) is 12.4 Å². The topological polar surface area (TPSA) is 81.5 Å². The van der Waals surface area contributed by atoms with E-state index < -0.39 is 10.9 Å². The summed E-state index contributed by atoms with van der Waals surface area (Å²) >= 11 is 0. The maximum Gasteiger partial charge on any atom is 0.338 e. The van der Waals surface area contributed by atoms with Crippen molar-refractivity contribution in [2.24, 2.45) is 0 Å². The van der Waals surface area contributed by atoms with Crippen molar-refractivity contribution in [3.8, 4) is 0 Å². The highest BCUT2D eigenvalue weighted by Crippen LogP contribution is 2.12. The molecule has 106 valence electrons. The number of nitro groups is 1. The smallest absolute Gasteiger partial charge is 0.338 e. The molecule has 0 amide bonds.